The molecule has 130 valence electrons. The normalized spacial score (nSPS) is 17.0. The molecule has 0 fully saturated rings. The standard InChI is InChI=1S/C20H22N2O2S/c1-13-8-9-14(2)16(10-13)21-19(23)12-22-17-6-4-5-7-18(17)25-15(3)11-20(22)24/h4-10,15H,11-12H2,1-3H3,(H,21,23)/t15-/m1/s1. The number of hydrogen-bond donors (Lipinski definition) is 1. The summed E-state index contributed by atoms with van der Waals surface area (Å²) in [4.78, 5) is 27.9. The van der Waals surface area contributed by atoms with Crippen molar-refractivity contribution < 1.29 is 9.59 Å². The Labute approximate surface area is 152 Å². The van der Waals surface area contributed by atoms with Gasteiger partial charge in [0.15, 0.2) is 0 Å². The lowest BCUT2D eigenvalue weighted by atomic mass is 10.1. The lowest BCUT2D eigenvalue weighted by Gasteiger charge is -2.22. The monoisotopic (exact) mass is 354 g/mol. The zero-order valence-electron chi connectivity index (χ0n) is 14.7. The van der Waals surface area contributed by atoms with E-state index in [2.05, 4.69) is 5.32 Å². The number of fused-ring (bicyclic) bond motifs is 1. The molecule has 1 aliphatic rings. The number of aryl methyl sites for hydroxylation is 2. The Morgan fingerprint density at radius 3 is 2.80 bits per heavy atom. The molecular weight excluding hydrogens is 332 g/mol. The van der Waals surface area contributed by atoms with Crippen molar-refractivity contribution in [3.05, 3.63) is 53.6 Å². The van der Waals surface area contributed by atoms with E-state index in [1.807, 2.05) is 63.2 Å². The van der Waals surface area contributed by atoms with Gasteiger partial charge in [0.25, 0.3) is 0 Å². The molecule has 0 radical (unpaired) electrons. The number of nitrogens with one attached hydrogen (secondary N) is 1. The number of rotatable bonds is 3. The predicted octanol–water partition coefficient (Wildman–Crippen LogP) is 4.16. The van der Waals surface area contributed by atoms with Crippen LogP contribution in [0.15, 0.2) is 47.4 Å². The average Bonchev–Trinajstić information content (AvgIpc) is 2.67. The van der Waals surface area contributed by atoms with E-state index in [0.29, 0.717) is 6.42 Å². The fourth-order valence-electron chi connectivity index (χ4n) is 2.91. The molecule has 0 bridgehead atoms. The Balaban J connectivity index is 1.82. The maximum absolute atomic E-state index is 12.6. The van der Waals surface area contributed by atoms with Crippen molar-refractivity contribution in [1.82, 2.24) is 0 Å². The van der Waals surface area contributed by atoms with E-state index in [0.717, 1.165) is 27.4 Å². The molecule has 0 unspecified atom stereocenters. The zero-order chi connectivity index (χ0) is 18.0. The summed E-state index contributed by atoms with van der Waals surface area (Å²) in [6.07, 6.45) is 0.427. The first kappa shape index (κ1) is 17.5. The highest BCUT2D eigenvalue weighted by atomic mass is 32.2. The molecule has 2 aromatic rings. The lowest BCUT2D eigenvalue weighted by Crippen LogP contribution is -2.38. The highest BCUT2D eigenvalue weighted by molar-refractivity contribution is 8.00. The van der Waals surface area contributed by atoms with Crippen LogP contribution < -0.4 is 10.2 Å². The molecule has 5 heteroatoms. The summed E-state index contributed by atoms with van der Waals surface area (Å²) in [5.41, 5.74) is 3.70. The molecule has 1 aliphatic heterocycles. The van der Waals surface area contributed by atoms with Crippen molar-refractivity contribution in [3.8, 4) is 0 Å². The molecule has 1 atom stereocenters. The molecule has 25 heavy (non-hydrogen) atoms. The van der Waals surface area contributed by atoms with Crippen molar-refractivity contribution >= 4 is 35.0 Å². The van der Waals surface area contributed by atoms with Crippen LogP contribution in [0.25, 0.3) is 0 Å². The van der Waals surface area contributed by atoms with E-state index in [-0.39, 0.29) is 23.6 Å². The molecule has 2 amide bonds. The SMILES string of the molecule is Cc1ccc(C)c(NC(=O)CN2C(=O)C[C@@H](C)Sc3ccccc32)c1. The highest BCUT2D eigenvalue weighted by Gasteiger charge is 2.27. The van der Waals surface area contributed by atoms with E-state index >= 15 is 0 Å². The van der Waals surface area contributed by atoms with Gasteiger partial charge in [0.05, 0.1) is 5.69 Å². The molecule has 0 saturated heterocycles. The van der Waals surface area contributed by atoms with Crippen molar-refractivity contribution in [2.75, 3.05) is 16.8 Å². The Hall–Kier alpha value is -2.27. The smallest absolute Gasteiger partial charge is 0.244 e. The maximum atomic E-state index is 12.6. The van der Waals surface area contributed by atoms with Crippen molar-refractivity contribution in [2.24, 2.45) is 0 Å². The van der Waals surface area contributed by atoms with Gasteiger partial charge in [0.2, 0.25) is 11.8 Å². The number of amides is 2. The number of carbonyl (C=O) groups excluding carboxylic acids is 2. The van der Waals surface area contributed by atoms with Gasteiger partial charge < -0.3 is 10.2 Å². The van der Waals surface area contributed by atoms with Crippen LogP contribution >= 0.6 is 11.8 Å². The first-order valence-electron chi connectivity index (χ1n) is 8.37. The minimum absolute atomic E-state index is 0.0129. The van der Waals surface area contributed by atoms with E-state index in [9.17, 15) is 9.59 Å². The number of para-hydroxylation sites is 1. The minimum atomic E-state index is -0.184. The zero-order valence-corrected chi connectivity index (χ0v) is 15.5. The molecule has 1 heterocycles. The molecule has 0 saturated carbocycles. The summed E-state index contributed by atoms with van der Waals surface area (Å²) < 4.78 is 0. The third-order valence-corrected chi connectivity index (χ3v) is 5.38. The molecular formula is C20H22N2O2S. The second-order valence-electron chi connectivity index (χ2n) is 6.45. The number of thioether (sulfide) groups is 1. The van der Waals surface area contributed by atoms with Crippen molar-refractivity contribution in [3.63, 3.8) is 0 Å². The second kappa shape index (κ2) is 7.31. The topological polar surface area (TPSA) is 49.4 Å². The molecule has 0 aliphatic carbocycles. The first-order valence-corrected chi connectivity index (χ1v) is 9.25. The quantitative estimate of drug-likeness (QED) is 0.900. The Morgan fingerprint density at radius 2 is 2.00 bits per heavy atom. The molecule has 0 aromatic heterocycles. The van der Waals surface area contributed by atoms with E-state index in [1.54, 1.807) is 16.7 Å². The number of hydrogen-bond acceptors (Lipinski definition) is 3. The summed E-state index contributed by atoms with van der Waals surface area (Å²) in [7, 11) is 0. The summed E-state index contributed by atoms with van der Waals surface area (Å²) in [6, 6.07) is 13.7. The Bertz CT molecular complexity index is 819. The number of carbonyl (C=O) groups is 2. The summed E-state index contributed by atoms with van der Waals surface area (Å²) >= 11 is 1.68. The number of anilines is 2. The predicted molar refractivity (Wildman–Crippen MR) is 103 cm³/mol. The second-order valence-corrected chi connectivity index (χ2v) is 7.93. The van der Waals surface area contributed by atoms with Crippen molar-refractivity contribution in [2.45, 2.75) is 37.3 Å². The van der Waals surface area contributed by atoms with Crippen LogP contribution in [0.4, 0.5) is 11.4 Å². The van der Waals surface area contributed by atoms with Crippen LogP contribution in [0.3, 0.4) is 0 Å². The van der Waals surface area contributed by atoms with Crippen molar-refractivity contribution in [1.29, 1.82) is 0 Å². The third-order valence-electron chi connectivity index (χ3n) is 4.22. The van der Waals surface area contributed by atoms with Crippen LogP contribution in [0, 0.1) is 13.8 Å². The van der Waals surface area contributed by atoms with Gasteiger partial charge in [0, 0.05) is 22.3 Å². The van der Waals surface area contributed by atoms with Gasteiger partial charge in [-0.3, -0.25) is 9.59 Å². The van der Waals surface area contributed by atoms with Gasteiger partial charge in [-0.15, -0.1) is 11.8 Å². The van der Waals surface area contributed by atoms with Crippen LogP contribution in [0.2, 0.25) is 0 Å². The molecule has 2 aromatic carbocycles. The van der Waals surface area contributed by atoms with Gasteiger partial charge in [-0.25, -0.2) is 0 Å². The van der Waals surface area contributed by atoms with Crippen LogP contribution in [-0.4, -0.2) is 23.6 Å². The summed E-state index contributed by atoms with van der Waals surface area (Å²) in [5, 5.41) is 3.14. The van der Waals surface area contributed by atoms with Gasteiger partial charge >= 0.3 is 0 Å². The maximum Gasteiger partial charge on any atom is 0.244 e. The largest absolute Gasteiger partial charge is 0.324 e. The first-order chi connectivity index (χ1) is 11.9. The third kappa shape index (κ3) is 4.04. The van der Waals surface area contributed by atoms with E-state index < -0.39 is 0 Å². The Morgan fingerprint density at radius 1 is 1.24 bits per heavy atom. The Kier molecular flexibility index (Phi) is 5.13. The van der Waals surface area contributed by atoms with E-state index in [4.69, 9.17) is 0 Å². The molecule has 1 N–H and O–H groups in total. The van der Waals surface area contributed by atoms with Crippen LogP contribution in [0.1, 0.15) is 24.5 Å². The van der Waals surface area contributed by atoms with Crippen LogP contribution in [0.5, 0.6) is 0 Å². The van der Waals surface area contributed by atoms with Crippen LogP contribution in [-0.2, 0) is 9.59 Å². The van der Waals surface area contributed by atoms with Gasteiger partial charge in [-0.1, -0.05) is 31.2 Å². The summed E-state index contributed by atoms with van der Waals surface area (Å²) in [6.45, 7) is 6.01. The highest BCUT2D eigenvalue weighted by Crippen LogP contribution is 2.37. The molecule has 0 spiro atoms. The van der Waals surface area contributed by atoms with Gasteiger partial charge in [-0.05, 0) is 43.2 Å². The molecule has 3 rings (SSSR count). The lowest BCUT2D eigenvalue weighted by molar-refractivity contribution is -0.121. The molecule has 4 nitrogen and oxygen atoms in total. The van der Waals surface area contributed by atoms with Gasteiger partial charge in [-0.2, -0.15) is 0 Å². The van der Waals surface area contributed by atoms with Gasteiger partial charge in [0.1, 0.15) is 6.54 Å². The fourth-order valence-corrected chi connectivity index (χ4v) is 4.02. The van der Waals surface area contributed by atoms with E-state index in [1.165, 1.54) is 0 Å². The fraction of sp³-hybridized carbons (Fsp3) is 0.300. The minimum Gasteiger partial charge on any atom is -0.324 e. The summed E-state index contributed by atoms with van der Waals surface area (Å²) in [5.74, 6) is -0.197. The number of benzene rings is 2. The number of nitrogens with zero attached hydrogens (tertiary/aromatic N) is 1. The average molecular weight is 354 g/mol.